The third-order valence-corrected chi connectivity index (χ3v) is 7.22. The molecule has 34 heavy (non-hydrogen) atoms. The van der Waals surface area contributed by atoms with Gasteiger partial charge in [-0.25, -0.2) is 8.42 Å². The minimum absolute atomic E-state index is 0.0330. The fourth-order valence-electron chi connectivity index (χ4n) is 3.20. The predicted molar refractivity (Wildman–Crippen MR) is 138 cm³/mol. The first-order valence-electron chi connectivity index (χ1n) is 10.7. The zero-order valence-electron chi connectivity index (χ0n) is 19.2. The minimum Gasteiger partial charge on any atom is -0.354 e. The molecule has 0 heterocycles. The van der Waals surface area contributed by atoms with E-state index < -0.39 is 28.5 Å². The summed E-state index contributed by atoms with van der Waals surface area (Å²) in [5, 5.41) is 3.81. The quantitative estimate of drug-likeness (QED) is 0.411. The molecular formula is C23H28Cl3N3O4S. The molecule has 0 radical (unpaired) electrons. The largest absolute Gasteiger partial charge is 0.354 e. The van der Waals surface area contributed by atoms with Gasteiger partial charge in [0.25, 0.3) is 0 Å². The molecule has 2 aromatic rings. The van der Waals surface area contributed by atoms with E-state index in [1.807, 2.05) is 6.92 Å². The van der Waals surface area contributed by atoms with Crippen LogP contribution in [0.15, 0.2) is 42.5 Å². The number of hydrogen-bond acceptors (Lipinski definition) is 4. The Bertz CT molecular complexity index is 1130. The van der Waals surface area contributed by atoms with Gasteiger partial charge in [-0.05, 0) is 49.2 Å². The normalized spacial score (nSPS) is 12.2. The molecule has 0 aromatic heterocycles. The van der Waals surface area contributed by atoms with Crippen LogP contribution in [0.1, 0.15) is 32.3 Å². The summed E-state index contributed by atoms with van der Waals surface area (Å²) in [6.45, 7) is 3.61. The van der Waals surface area contributed by atoms with Gasteiger partial charge >= 0.3 is 0 Å². The maximum atomic E-state index is 13.4. The number of amides is 2. The second-order valence-corrected chi connectivity index (χ2v) is 11.0. The van der Waals surface area contributed by atoms with Crippen molar-refractivity contribution in [1.29, 1.82) is 0 Å². The molecule has 2 rings (SSSR count). The number of halogens is 3. The first-order chi connectivity index (χ1) is 15.9. The predicted octanol–water partition coefficient (Wildman–Crippen LogP) is 4.75. The standard InChI is InChI=1S/C23H28Cl3N3O4S/c1-4-5-11-27-23(31)16(2)28(14-17-9-10-20(25)21(26)12-17)22(30)15-29(34(3,32)33)19-8-6-7-18(24)13-19/h6-10,12-13,16H,4-5,11,14-15H2,1-3H3,(H,27,31). The number of sulfonamides is 1. The first kappa shape index (κ1) is 28.2. The number of hydrogen-bond donors (Lipinski definition) is 1. The van der Waals surface area contributed by atoms with Gasteiger partial charge in [0.05, 0.1) is 22.0 Å². The number of carbonyl (C=O) groups is 2. The van der Waals surface area contributed by atoms with Crippen LogP contribution < -0.4 is 9.62 Å². The van der Waals surface area contributed by atoms with E-state index in [0.717, 1.165) is 23.4 Å². The Morgan fingerprint density at radius 2 is 1.76 bits per heavy atom. The Kier molecular flexibility index (Phi) is 10.5. The van der Waals surface area contributed by atoms with Gasteiger partial charge < -0.3 is 10.2 Å². The molecule has 0 aliphatic rings. The molecular weight excluding hydrogens is 521 g/mol. The van der Waals surface area contributed by atoms with Gasteiger partial charge in [-0.1, -0.05) is 60.3 Å². The van der Waals surface area contributed by atoms with Gasteiger partial charge in [-0.15, -0.1) is 0 Å². The van der Waals surface area contributed by atoms with Crippen molar-refractivity contribution in [3.05, 3.63) is 63.1 Å². The van der Waals surface area contributed by atoms with E-state index in [4.69, 9.17) is 34.8 Å². The molecule has 0 bridgehead atoms. The van der Waals surface area contributed by atoms with Gasteiger partial charge in [0.15, 0.2) is 0 Å². The van der Waals surface area contributed by atoms with Crippen LogP contribution in [-0.4, -0.2) is 50.5 Å². The van der Waals surface area contributed by atoms with Crippen molar-refractivity contribution in [2.24, 2.45) is 0 Å². The zero-order valence-corrected chi connectivity index (χ0v) is 22.3. The smallest absolute Gasteiger partial charge is 0.244 e. The van der Waals surface area contributed by atoms with Crippen LogP contribution in [0.2, 0.25) is 15.1 Å². The third kappa shape index (κ3) is 8.05. The highest BCUT2D eigenvalue weighted by Crippen LogP contribution is 2.25. The van der Waals surface area contributed by atoms with E-state index >= 15 is 0 Å². The van der Waals surface area contributed by atoms with E-state index in [9.17, 15) is 18.0 Å². The van der Waals surface area contributed by atoms with Crippen LogP contribution in [0, 0.1) is 0 Å². The van der Waals surface area contributed by atoms with E-state index in [-0.39, 0.29) is 18.1 Å². The molecule has 186 valence electrons. The summed E-state index contributed by atoms with van der Waals surface area (Å²) in [5.41, 5.74) is 0.891. The summed E-state index contributed by atoms with van der Waals surface area (Å²) in [6.07, 6.45) is 2.71. The Balaban J connectivity index is 2.37. The summed E-state index contributed by atoms with van der Waals surface area (Å²) in [6, 6.07) is 10.2. The Hall–Kier alpha value is -2.00. The molecule has 1 unspecified atom stereocenters. The van der Waals surface area contributed by atoms with Crippen LogP contribution in [-0.2, 0) is 26.2 Å². The second kappa shape index (κ2) is 12.6. The Morgan fingerprint density at radius 3 is 2.35 bits per heavy atom. The highest BCUT2D eigenvalue weighted by Gasteiger charge is 2.30. The molecule has 0 fully saturated rings. The summed E-state index contributed by atoms with van der Waals surface area (Å²) < 4.78 is 26.0. The zero-order chi connectivity index (χ0) is 25.5. The van der Waals surface area contributed by atoms with Crippen molar-refractivity contribution < 1.29 is 18.0 Å². The summed E-state index contributed by atoms with van der Waals surface area (Å²) in [4.78, 5) is 27.5. The van der Waals surface area contributed by atoms with Gasteiger partial charge in [-0.2, -0.15) is 0 Å². The monoisotopic (exact) mass is 547 g/mol. The van der Waals surface area contributed by atoms with Crippen molar-refractivity contribution in [2.45, 2.75) is 39.3 Å². The average molecular weight is 549 g/mol. The van der Waals surface area contributed by atoms with E-state index in [2.05, 4.69) is 5.32 Å². The maximum absolute atomic E-state index is 13.4. The third-order valence-electron chi connectivity index (χ3n) is 5.11. The van der Waals surface area contributed by atoms with Gasteiger partial charge in [0.1, 0.15) is 12.6 Å². The lowest BCUT2D eigenvalue weighted by Crippen LogP contribution is -2.51. The van der Waals surface area contributed by atoms with E-state index in [1.54, 1.807) is 43.3 Å². The second-order valence-electron chi connectivity index (χ2n) is 7.84. The number of nitrogens with zero attached hydrogens (tertiary/aromatic N) is 2. The van der Waals surface area contributed by atoms with Crippen LogP contribution in [0.3, 0.4) is 0 Å². The number of carbonyl (C=O) groups excluding carboxylic acids is 2. The van der Waals surface area contributed by atoms with Crippen molar-refractivity contribution >= 4 is 62.3 Å². The lowest BCUT2D eigenvalue weighted by molar-refractivity contribution is -0.139. The van der Waals surface area contributed by atoms with E-state index in [0.29, 0.717) is 27.2 Å². The highest BCUT2D eigenvalue weighted by molar-refractivity contribution is 7.92. The minimum atomic E-state index is -3.82. The first-order valence-corrected chi connectivity index (χ1v) is 13.7. The number of rotatable bonds is 11. The molecule has 0 aliphatic carbocycles. The molecule has 0 saturated heterocycles. The number of unbranched alkanes of at least 4 members (excludes halogenated alkanes) is 1. The van der Waals surface area contributed by atoms with E-state index in [1.165, 1.54) is 11.0 Å². The fraction of sp³-hybridized carbons (Fsp3) is 0.391. The van der Waals surface area contributed by atoms with Crippen LogP contribution in [0.4, 0.5) is 5.69 Å². The Morgan fingerprint density at radius 1 is 1.06 bits per heavy atom. The molecule has 1 N–H and O–H groups in total. The summed E-state index contributed by atoms with van der Waals surface area (Å²) in [5.74, 6) is -0.898. The number of nitrogens with one attached hydrogen (secondary N) is 1. The van der Waals surface area contributed by atoms with Crippen molar-refractivity contribution in [2.75, 3.05) is 23.7 Å². The molecule has 7 nitrogen and oxygen atoms in total. The van der Waals surface area contributed by atoms with Crippen LogP contribution in [0.5, 0.6) is 0 Å². The van der Waals surface area contributed by atoms with Crippen molar-refractivity contribution in [3.8, 4) is 0 Å². The van der Waals surface area contributed by atoms with Crippen molar-refractivity contribution in [1.82, 2.24) is 10.2 Å². The van der Waals surface area contributed by atoms with Crippen LogP contribution in [0.25, 0.3) is 0 Å². The van der Waals surface area contributed by atoms with Crippen molar-refractivity contribution in [3.63, 3.8) is 0 Å². The maximum Gasteiger partial charge on any atom is 0.244 e. The molecule has 2 amide bonds. The van der Waals surface area contributed by atoms with Gasteiger partial charge in [0.2, 0.25) is 21.8 Å². The topological polar surface area (TPSA) is 86.8 Å². The lowest BCUT2D eigenvalue weighted by Gasteiger charge is -2.31. The average Bonchev–Trinajstić information content (AvgIpc) is 2.76. The van der Waals surface area contributed by atoms with Gasteiger partial charge in [-0.3, -0.25) is 13.9 Å². The molecule has 0 aliphatic heterocycles. The lowest BCUT2D eigenvalue weighted by atomic mass is 10.1. The fourth-order valence-corrected chi connectivity index (χ4v) is 4.55. The molecule has 1 atom stereocenters. The SMILES string of the molecule is CCCCNC(=O)C(C)N(Cc1ccc(Cl)c(Cl)c1)C(=O)CN(c1cccc(Cl)c1)S(C)(=O)=O. The van der Waals surface area contributed by atoms with Gasteiger partial charge in [0, 0.05) is 18.1 Å². The summed E-state index contributed by atoms with van der Waals surface area (Å²) in [7, 11) is -3.82. The highest BCUT2D eigenvalue weighted by atomic mass is 35.5. The van der Waals surface area contributed by atoms with Crippen LogP contribution >= 0.6 is 34.8 Å². The number of benzene rings is 2. The molecule has 0 saturated carbocycles. The number of anilines is 1. The molecule has 0 spiro atoms. The summed E-state index contributed by atoms with van der Waals surface area (Å²) >= 11 is 18.2. The Labute approximate surface area is 216 Å². The molecule has 2 aromatic carbocycles. The molecule has 11 heteroatoms.